The number of hydrogen-bond donors (Lipinski definition) is 2. The molecule has 0 aliphatic heterocycles. The molecule has 88 valence electrons. The van der Waals surface area contributed by atoms with E-state index in [4.69, 9.17) is 10.5 Å². The number of hydrogen-bond acceptors (Lipinski definition) is 3. The molecule has 1 aromatic carbocycles. The second kappa shape index (κ2) is 5.86. The van der Waals surface area contributed by atoms with Gasteiger partial charge in [0.25, 0.3) is 0 Å². The molecule has 0 radical (unpaired) electrons. The number of carbonyl (C=O) groups excluding carboxylic acids is 1. The van der Waals surface area contributed by atoms with Crippen LogP contribution < -0.4 is 15.8 Å². The quantitative estimate of drug-likeness (QED) is 0.890. The number of halogens is 1. The second-order valence-corrected chi connectivity index (χ2v) is 4.39. The van der Waals surface area contributed by atoms with Crippen molar-refractivity contribution in [1.82, 2.24) is 0 Å². The first-order valence-electron chi connectivity index (χ1n) is 4.93. The summed E-state index contributed by atoms with van der Waals surface area (Å²) in [6, 6.07) is 5.42. The number of benzene rings is 1. The predicted octanol–water partition coefficient (Wildman–Crippen LogP) is 1.99. The van der Waals surface area contributed by atoms with E-state index in [-0.39, 0.29) is 11.8 Å². The molecule has 0 aromatic heterocycles. The standard InChI is InChI=1S/C11H15BrN2O2/c1-7(6-13)11(15)14-9-5-8(12)3-4-10(9)16-2/h3-5,7H,6,13H2,1-2H3,(H,14,15). The zero-order valence-corrected chi connectivity index (χ0v) is 10.9. The van der Waals surface area contributed by atoms with Crippen molar-refractivity contribution >= 4 is 27.5 Å². The van der Waals surface area contributed by atoms with E-state index >= 15 is 0 Å². The number of amides is 1. The van der Waals surface area contributed by atoms with Gasteiger partial charge in [-0.25, -0.2) is 0 Å². The molecule has 0 fully saturated rings. The Morgan fingerprint density at radius 3 is 2.88 bits per heavy atom. The van der Waals surface area contributed by atoms with E-state index in [0.29, 0.717) is 18.0 Å². The van der Waals surface area contributed by atoms with Gasteiger partial charge in [0.05, 0.1) is 12.8 Å². The second-order valence-electron chi connectivity index (χ2n) is 3.47. The average molecular weight is 287 g/mol. The van der Waals surface area contributed by atoms with Crippen molar-refractivity contribution in [2.75, 3.05) is 19.0 Å². The lowest BCUT2D eigenvalue weighted by Gasteiger charge is -2.13. The number of nitrogens with two attached hydrogens (primary N) is 1. The van der Waals surface area contributed by atoms with Gasteiger partial charge >= 0.3 is 0 Å². The van der Waals surface area contributed by atoms with Crippen molar-refractivity contribution in [1.29, 1.82) is 0 Å². The van der Waals surface area contributed by atoms with E-state index in [1.165, 1.54) is 0 Å². The highest BCUT2D eigenvalue weighted by Crippen LogP contribution is 2.28. The maximum atomic E-state index is 11.7. The highest BCUT2D eigenvalue weighted by atomic mass is 79.9. The summed E-state index contributed by atoms with van der Waals surface area (Å²) in [5.41, 5.74) is 6.07. The van der Waals surface area contributed by atoms with Gasteiger partial charge in [0.15, 0.2) is 0 Å². The van der Waals surface area contributed by atoms with Crippen LogP contribution >= 0.6 is 15.9 Å². The third-order valence-corrected chi connectivity index (χ3v) is 2.71. The summed E-state index contributed by atoms with van der Waals surface area (Å²) in [5.74, 6) is 0.295. The Bertz CT molecular complexity index is 382. The lowest BCUT2D eigenvalue weighted by molar-refractivity contribution is -0.119. The van der Waals surface area contributed by atoms with E-state index in [2.05, 4.69) is 21.2 Å². The minimum atomic E-state index is -0.219. The molecule has 0 bridgehead atoms. The first-order chi connectivity index (χ1) is 7.58. The van der Waals surface area contributed by atoms with Crippen LogP contribution in [0.5, 0.6) is 5.75 Å². The zero-order chi connectivity index (χ0) is 12.1. The van der Waals surface area contributed by atoms with E-state index in [1.54, 1.807) is 26.2 Å². The van der Waals surface area contributed by atoms with Crippen LogP contribution in [0.4, 0.5) is 5.69 Å². The number of carbonyl (C=O) groups is 1. The Hall–Kier alpha value is -1.07. The van der Waals surface area contributed by atoms with E-state index in [1.807, 2.05) is 6.07 Å². The zero-order valence-electron chi connectivity index (χ0n) is 9.29. The van der Waals surface area contributed by atoms with Crippen LogP contribution in [0.1, 0.15) is 6.92 Å². The number of ether oxygens (including phenoxy) is 1. The number of anilines is 1. The van der Waals surface area contributed by atoms with Gasteiger partial charge in [-0.1, -0.05) is 22.9 Å². The van der Waals surface area contributed by atoms with Crippen molar-refractivity contribution in [3.8, 4) is 5.75 Å². The number of rotatable bonds is 4. The highest BCUT2D eigenvalue weighted by Gasteiger charge is 2.13. The van der Waals surface area contributed by atoms with Gasteiger partial charge in [-0.15, -0.1) is 0 Å². The highest BCUT2D eigenvalue weighted by molar-refractivity contribution is 9.10. The summed E-state index contributed by atoms with van der Waals surface area (Å²) in [6.45, 7) is 2.10. The Morgan fingerprint density at radius 1 is 1.62 bits per heavy atom. The molecule has 0 saturated carbocycles. The van der Waals surface area contributed by atoms with Crippen LogP contribution in [0.15, 0.2) is 22.7 Å². The van der Waals surface area contributed by atoms with Crippen molar-refractivity contribution in [2.45, 2.75) is 6.92 Å². The van der Waals surface area contributed by atoms with Crippen LogP contribution in [0.25, 0.3) is 0 Å². The molecular formula is C11H15BrN2O2. The third kappa shape index (κ3) is 3.21. The number of nitrogens with one attached hydrogen (secondary N) is 1. The topological polar surface area (TPSA) is 64.3 Å². The Kier molecular flexibility index (Phi) is 4.76. The van der Waals surface area contributed by atoms with E-state index < -0.39 is 0 Å². The Labute approximate surface area is 103 Å². The maximum Gasteiger partial charge on any atom is 0.228 e. The van der Waals surface area contributed by atoms with Crippen molar-refractivity contribution < 1.29 is 9.53 Å². The normalized spacial score (nSPS) is 12.0. The summed E-state index contributed by atoms with van der Waals surface area (Å²) in [7, 11) is 1.56. The molecule has 16 heavy (non-hydrogen) atoms. The smallest absolute Gasteiger partial charge is 0.228 e. The largest absolute Gasteiger partial charge is 0.495 e. The molecule has 5 heteroatoms. The molecule has 3 N–H and O–H groups in total. The molecule has 1 atom stereocenters. The number of methoxy groups -OCH3 is 1. The molecule has 1 amide bonds. The summed E-state index contributed by atoms with van der Waals surface area (Å²) in [6.07, 6.45) is 0. The minimum absolute atomic E-state index is 0.112. The lowest BCUT2D eigenvalue weighted by Crippen LogP contribution is -2.26. The minimum Gasteiger partial charge on any atom is -0.495 e. The summed E-state index contributed by atoms with van der Waals surface area (Å²) < 4.78 is 6.03. The summed E-state index contributed by atoms with van der Waals surface area (Å²) in [5, 5.41) is 2.78. The molecule has 4 nitrogen and oxygen atoms in total. The third-order valence-electron chi connectivity index (χ3n) is 2.22. The van der Waals surface area contributed by atoms with Gasteiger partial charge in [0, 0.05) is 16.9 Å². The van der Waals surface area contributed by atoms with Crippen LogP contribution in [0.3, 0.4) is 0 Å². The Balaban J connectivity index is 2.87. The van der Waals surface area contributed by atoms with Crippen molar-refractivity contribution in [3.05, 3.63) is 22.7 Å². The molecule has 1 unspecified atom stereocenters. The first kappa shape index (κ1) is 13.0. The molecule has 0 spiro atoms. The summed E-state index contributed by atoms with van der Waals surface area (Å²) in [4.78, 5) is 11.7. The average Bonchev–Trinajstić information content (AvgIpc) is 2.28. The molecule has 1 aromatic rings. The fraction of sp³-hybridized carbons (Fsp3) is 0.364. The maximum absolute atomic E-state index is 11.7. The van der Waals surface area contributed by atoms with Crippen LogP contribution in [-0.4, -0.2) is 19.6 Å². The fourth-order valence-corrected chi connectivity index (χ4v) is 1.50. The van der Waals surface area contributed by atoms with Gasteiger partial charge in [0.2, 0.25) is 5.91 Å². The first-order valence-corrected chi connectivity index (χ1v) is 5.72. The van der Waals surface area contributed by atoms with Gasteiger partial charge in [-0.3, -0.25) is 4.79 Å². The van der Waals surface area contributed by atoms with Gasteiger partial charge in [-0.2, -0.15) is 0 Å². The molecule has 0 heterocycles. The van der Waals surface area contributed by atoms with Gasteiger partial charge < -0.3 is 15.8 Å². The Morgan fingerprint density at radius 2 is 2.31 bits per heavy atom. The molecule has 0 saturated heterocycles. The molecule has 0 aliphatic rings. The molecular weight excluding hydrogens is 272 g/mol. The fourth-order valence-electron chi connectivity index (χ4n) is 1.14. The molecule has 0 aliphatic carbocycles. The molecule has 1 rings (SSSR count). The van der Waals surface area contributed by atoms with Crippen molar-refractivity contribution in [2.24, 2.45) is 11.7 Å². The summed E-state index contributed by atoms with van der Waals surface area (Å²) >= 11 is 3.34. The predicted molar refractivity (Wildman–Crippen MR) is 67.5 cm³/mol. The van der Waals surface area contributed by atoms with Crippen LogP contribution in [0.2, 0.25) is 0 Å². The van der Waals surface area contributed by atoms with Crippen molar-refractivity contribution in [3.63, 3.8) is 0 Å². The van der Waals surface area contributed by atoms with E-state index in [0.717, 1.165) is 4.47 Å². The van der Waals surface area contributed by atoms with Gasteiger partial charge in [0.1, 0.15) is 5.75 Å². The van der Waals surface area contributed by atoms with Crippen LogP contribution in [0, 0.1) is 5.92 Å². The lowest BCUT2D eigenvalue weighted by atomic mass is 10.1. The van der Waals surface area contributed by atoms with Crippen LogP contribution in [-0.2, 0) is 4.79 Å². The van der Waals surface area contributed by atoms with Gasteiger partial charge in [-0.05, 0) is 18.2 Å². The van der Waals surface area contributed by atoms with E-state index in [9.17, 15) is 4.79 Å². The monoisotopic (exact) mass is 286 g/mol. The SMILES string of the molecule is COc1ccc(Br)cc1NC(=O)C(C)CN.